The molecule has 7 heteroatoms. The number of carbonyl (C=O) groups is 1. The topological polar surface area (TPSA) is 83.5 Å². The van der Waals surface area contributed by atoms with E-state index in [0.717, 1.165) is 6.07 Å². The molecule has 0 aromatic heterocycles. The number of aliphatic carboxylic acids is 1. The van der Waals surface area contributed by atoms with Crippen LogP contribution in [0.25, 0.3) is 0 Å². The van der Waals surface area contributed by atoms with Crippen LogP contribution in [0.3, 0.4) is 0 Å². The van der Waals surface area contributed by atoms with Crippen LogP contribution in [0.1, 0.15) is 25.8 Å². The maximum Gasteiger partial charge on any atom is 0.322 e. The summed E-state index contributed by atoms with van der Waals surface area (Å²) in [5.41, 5.74) is 0.320. The standard InChI is InChI=1S/C13H18FNO4S/c1-4-8(2)12(13(16)17)15-20(18,19)10-6-5-9(3)11(14)7-10/h5-8,12,15H,4H2,1-3H3,(H,16,17)/t8-,12-/m0/s1. The highest BCUT2D eigenvalue weighted by atomic mass is 32.2. The molecule has 0 unspecified atom stereocenters. The fourth-order valence-electron chi connectivity index (χ4n) is 1.62. The van der Waals surface area contributed by atoms with E-state index < -0.39 is 27.9 Å². The van der Waals surface area contributed by atoms with Gasteiger partial charge >= 0.3 is 5.97 Å². The van der Waals surface area contributed by atoms with Crippen LogP contribution in [0.5, 0.6) is 0 Å². The van der Waals surface area contributed by atoms with Crippen LogP contribution in [0, 0.1) is 18.7 Å². The first-order valence-electron chi connectivity index (χ1n) is 6.20. The molecule has 1 aromatic carbocycles. The molecule has 2 N–H and O–H groups in total. The third-order valence-corrected chi connectivity index (χ3v) is 4.65. The zero-order chi connectivity index (χ0) is 15.5. The maximum atomic E-state index is 13.4. The van der Waals surface area contributed by atoms with Gasteiger partial charge in [-0.15, -0.1) is 0 Å². The number of nitrogens with one attached hydrogen (secondary N) is 1. The Hall–Kier alpha value is -1.47. The van der Waals surface area contributed by atoms with E-state index in [9.17, 15) is 17.6 Å². The van der Waals surface area contributed by atoms with E-state index in [4.69, 9.17) is 5.11 Å². The summed E-state index contributed by atoms with van der Waals surface area (Å²) in [5.74, 6) is -2.28. The van der Waals surface area contributed by atoms with E-state index in [2.05, 4.69) is 4.72 Å². The van der Waals surface area contributed by atoms with Gasteiger partial charge in [-0.3, -0.25) is 4.79 Å². The second-order valence-electron chi connectivity index (χ2n) is 4.73. The molecule has 20 heavy (non-hydrogen) atoms. The van der Waals surface area contributed by atoms with E-state index in [-0.39, 0.29) is 10.8 Å². The summed E-state index contributed by atoms with van der Waals surface area (Å²) in [6.45, 7) is 4.91. The summed E-state index contributed by atoms with van der Waals surface area (Å²) in [4.78, 5) is 10.8. The van der Waals surface area contributed by atoms with Crippen molar-refractivity contribution in [2.75, 3.05) is 0 Å². The minimum absolute atomic E-state index is 0.282. The Balaban J connectivity index is 3.09. The molecule has 2 atom stereocenters. The summed E-state index contributed by atoms with van der Waals surface area (Å²) in [6, 6.07) is 2.22. The number of halogens is 1. The van der Waals surface area contributed by atoms with Gasteiger partial charge < -0.3 is 5.11 Å². The van der Waals surface area contributed by atoms with Gasteiger partial charge in [-0.25, -0.2) is 12.8 Å². The van der Waals surface area contributed by atoms with Gasteiger partial charge in [0.15, 0.2) is 0 Å². The average Bonchev–Trinajstić information content (AvgIpc) is 2.38. The van der Waals surface area contributed by atoms with Crippen molar-refractivity contribution in [2.24, 2.45) is 5.92 Å². The van der Waals surface area contributed by atoms with Crippen LogP contribution in [-0.4, -0.2) is 25.5 Å². The quantitative estimate of drug-likeness (QED) is 0.841. The van der Waals surface area contributed by atoms with E-state index in [1.807, 2.05) is 0 Å². The normalized spacial score (nSPS) is 14.8. The van der Waals surface area contributed by atoms with Gasteiger partial charge in [0.2, 0.25) is 10.0 Å². The molecule has 0 heterocycles. The fraction of sp³-hybridized carbons (Fsp3) is 0.462. The number of benzene rings is 1. The predicted octanol–water partition coefficient (Wildman–Crippen LogP) is 1.91. The van der Waals surface area contributed by atoms with Crippen molar-refractivity contribution < 1.29 is 22.7 Å². The van der Waals surface area contributed by atoms with Crippen LogP contribution < -0.4 is 4.72 Å². The monoisotopic (exact) mass is 303 g/mol. The summed E-state index contributed by atoms with van der Waals surface area (Å²) in [6.07, 6.45) is 0.502. The fourth-order valence-corrected chi connectivity index (χ4v) is 2.93. The number of hydrogen-bond acceptors (Lipinski definition) is 3. The van der Waals surface area contributed by atoms with E-state index in [0.29, 0.717) is 12.0 Å². The van der Waals surface area contributed by atoms with E-state index >= 15 is 0 Å². The second kappa shape index (κ2) is 6.32. The highest BCUT2D eigenvalue weighted by Crippen LogP contribution is 2.16. The molecule has 5 nitrogen and oxygen atoms in total. The van der Waals surface area contributed by atoms with Crippen LogP contribution >= 0.6 is 0 Å². The molecule has 0 aliphatic rings. The van der Waals surface area contributed by atoms with E-state index in [1.54, 1.807) is 13.8 Å². The van der Waals surface area contributed by atoms with Gasteiger partial charge in [-0.2, -0.15) is 4.72 Å². The molecule has 1 rings (SSSR count). The van der Waals surface area contributed by atoms with Crippen molar-refractivity contribution in [2.45, 2.75) is 38.1 Å². The van der Waals surface area contributed by atoms with Gasteiger partial charge in [-0.05, 0) is 30.5 Å². The predicted molar refractivity (Wildman–Crippen MR) is 72.3 cm³/mol. The number of hydrogen-bond donors (Lipinski definition) is 2. The van der Waals surface area contributed by atoms with Crippen molar-refractivity contribution in [3.8, 4) is 0 Å². The Bertz CT molecular complexity index is 600. The molecule has 0 fully saturated rings. The minimum Gasteiger partial charge on any atom is -0.480 e. The molecule has 0 spiro atoms. The maximum absolute atomic E-state index is 13.4. The lowest BCUT2D eigenvalue weighted by molar-refractivity contribution is -0.140. The number of carboxylic acid groups (broad SMARTS) is 1. The van der Waals surface area contributed by atoms with Crippen LogP contribution in [-0.2, 0) is 14.8 Å². The summed E-state index contributed by atoms with van der Waals surface area (Å²) in [5, 5.41) is 9.08. The highest BCUT2D eigenvalue weighted by Gasteiger charge is 2.29. The van der Waals surface area contributed by atoms with Crippen LogP contribution in [0.15, 0.2) is 23.1 Å². The Morgan fingerprint density at radius 2 is 2.05 bits per heavy atom. The number of sulfonamides is 1. The number of rotatable bonds is 6. The smallest absolute Gasteiger partial charge is 0.322 e. The van der Waals surface area contributed by atoms with Crippen molar-refractivity contribution in [3.05, 3.63) is 29.6 Å². The first-order chi connectivity index (χ1) is 9.19. The number of carboxylic acids is 1. The third-order valence-electron chi connectivity index (χ3n) is 3.21. The van der Waals surface area contributed by atoms with Gasteiger partial charge in [0, 0.05) is 0 Å². The lowest BCUT2D eigenvalue weighted by Crippen LogP contribution is -2.44. The van der Waals surface area contributed by atoms with Crippen molar-refractivity contribution in [1.82, 2.24) is 4.72 Å². The molecule has 0 bridgehead atoms. The molecule has 0 aliphatic carbocycles. The first-order valence-corrected chi connectivity index (χ1v) is 7.68. The van der Waals surface area contributed by atoms with Gasteiger partial charge in [-0.1, -0.05) is 26.3 Å². The molecule has 0 saturated heterocycles. The van der Waals surface area contributed by atoms with Gasteiger partial charge in [0.25, 0.3) is 0 Å². The molecule has 0 aliphatic heterocycles. The Morgan fingerprint density at radius 3 is 2.50 bits per heavy atom. The molecule has 0 saturated carbocycles. The molecule has 0 radical (unpaired) electrons. The minimum atomic E-state index is -4.07. The highest BCUT2D eigenvalue weighted by molar-refractivity contribution is 7.89. The molecule has 1 aromatic rings. The van der Waals surface area contributed by atoms with Crippen molar-refractivity contribution in [3.63, 3.8) is 0 Å². The summed E-state index contributed by atoms with van der Waals surface area (Å²) < 4.78 is 39.7. The van der Waals surface area contributed by atoms with Crippen molar-refractivity contribution >= 4 is 16.0 Å². The second-order valence-corrected chi connectivity index (χ2v) is 6.45. The molecule has 112 valence electrons. The largest absolute Gasteiger partial charge is 0.480 e. The first kappa shape index (κ1) is 16.6. The average molecular weight is 303 g/mol. The zero-order valence-electron chi connectivity index (χ0n) is 11.6. The number of aryl methyl sites for hydroxylation is 1. The van der Waals surface area contributed by atoms with Crippen molar-refractivity contribution in [1.29, 1.82) is 0 Å². The summed E-state index contributed by atoms with van der Waals surface area (Å²) >= 11 is 0. The van der Waals surface area contributed by atoms with Crippen LogP contribution in [0.2, 0.25) is 0 Å². The lowest BCUT2D eigenvalue weighted by atomic mass is 10.0. The van der Waals surface area contributed by atoms with Gasteiger partial charge in [0.1, 0.15) is 11.9 Å². The van der Waals surface area contributed by atoms with Gasteiger partial charge in [0.05, 0.1) is 4.90 Å². The van der Waals surface area contributed by atoms with Crippen LogP contribution in [0.4, 0.5) is 4.39 Å². The third kappa shape index (κ3) is 3.77. The Morgan fingerprint density at radius 1 is 1.45 bits per heavy atom. The zero-order valence-corrected chi connectivity index (χ0v) is 12.4. The molecular weight excluding hydrogens is 285 g/mol. The SMILES string of the molecule is CC[C@H](C)[C@H](NS(=O)(=O)c1ccc(C)c(F)c1)C(=O)O. The lowest BCUT2D eigenvalue weighted by Gasteiger charge is -2.20. The Labute approximate surface area is 117 Å². The molecular formula is C13H18FNO4S. The Kier molecular flexibility index (Phi) is 5.24. The van der Waals surface area contributed by atoms with E-state index in [1.165, 1.54) is 19.1 Å². The molecule has 0 amide bonds. The summed E-state index contributed by atoms with van der Waals surface area (Å²) in [7, 11) is -4.07.